The maximum atomic E-state index is 12.9. The van der Waals surface area contributed by atoms with Gasteiger partial charge in [-0.1, -0.05) is 72.8 Å². The number of hydrogen-bond donors (Lipinski definition) is 0. The van der Waals surface area contributed by atoms with E-state index >= 15 is 0 Å². The van der Waals surface area contributed by atoms with Gasteiger partial charge in [-0.05, 0) is 23.3 Å². The molecule has 0 unspecified atom stereocenters. The van der Waals surface area contributed by atoms with E-state index in [4.69, 9.17) is 0 Å². The van der Waals surface area contributed by atoms with Gasteiger partial charge in [0.15, 0.2) is 0 Å². The Bertz CT molecular complexity index is 1070. The Kier molecular flexibility index (Phi) is 4.70. The molecule has 3 aromatic carbocycles. The van der Waals surface area contributed by atoms with Crippen molar-refractivity contribution in [1.82, 2.24) is 4.98 Å². The topological polar surface area (TPSA) is 12.9 Å². The van der Waals surface area contributed by atoms with Gasteiger partial charge in [-0.3, -0.25) is 4.98 Å². The maximum absolute atomic E-state index is 12.9. The summed E-state index contributed by atoms with van der Waals surface area (Å²) in [6, 6.07) is 27.8. The molecule has 0 amide bonds. The average molecular weight is 374 g/mol. The SMILES string of the molecule is FC(F)(F)c1ccc(-c2ncc(-c3ccccc3)[c]c2-c2ccccc2)cc1. The molecule has 1 nitrogen and oxygen atoms in total. The van der Waals surface area contributed by atoms with E-state index < -0.39 is 11.7 Å². The molecule has 0 atom stereocenters. The van der Waals surface area contributed by atoms with Gasteiger partial charge in [0.2, 0.25) is 0 Å². The monoisotopic (exact) mass is 374 g/mol. The van der Waals surface area contributed by atoms with Gasteiger partial charge in [0.1, 0.15) is 0 Å². The molecule has 0 saturated carbocycles. The van der Waals surface area contributed by atoms with Crippen LogP contribution in [0.3, 0.4) is 0 Å². The van der Waals surface area contributed by atoms with Crippen LogP contribution in [0.15, 0.2) is 91.1 Å². The summed E-state index contributed by atoms with van der Waals surface area (Å²) >= 11 is 0. The van der Waals surface area contributed by atoms with Crippen LogP contribution in [-0.4, -0.2) is 4.98 Å². The van der Waals surface area contributed by atoms with Gasteiger partial charge < -0.3 is 0 Å². The molecule has 0 N–H and O–H groups in total. The molecule has 0 spiro atoms. The second kappa shape index (κ2) is 7.31. The largest absolute Gasteiger partial charge is 0.416 e. The molecule has 1 heterocycles. The second-order valence-electron chi connectivity index (χ2n) is 6.33. The lowest BCUT2D eigenvalue weighted by molar-refractivity contribution is -0.137. The Hall–Kier alpha value is -3.40. The minimum atomic E-state index is -4.36. The van der Waals surface area contributed by atoms with Crippen LogP contribution in [0.2, 0.25) is 0 Å². The number of pyridine rings is 1. The number of alkyl halides is 3. The number of hydrogen-bond acceptors (Lipinski definition) is 1. The van der Waals surface area contributed by atoms with E-state index in [1.165, 1.54) is 12.1 Å². The normalized spacial score (nSPS) is 11.4. The molecule has 137 valence electrons. The number of nitrogens with zero attached hydrogens (tertiary/aromatic N) is 1. The Morgan fingerprint density at radius 2 is 1.21 bits per heavy atom. The molecule has 0 fully saturated rings. The molecular formula is C24H15F3N. The van der Waals surface area contributed by atoms with Crippen LogP contribution >= 0.6 is 0 Å². The summed E-state index contributed by atoms with van der Waals surface area (Å²) in [5, 5.41) is 0. The van der Waals surface area contributed by atoms with Crippen molar-refractivity contribution in [3.05, 3.63) is 103 Å². The Labute approximate surface area is 161 Å². The van der Waals surface area contributed by atoms with Crippen molar-refractivity contribution in [2.45, 2.75) is 6.18 Å². The zero-order valence-electron chi connectivity index (χ0n) is 14.7. The summed E-state index contributed by atoms with van der Waals surface area (Å²) in [6.07, 6.45) is -2.66. The number of rotatable bonds is 3. The lowest BCUT2D eigenvalue weighted by Gasteiger charge is -2.13. The van der Waals surface area contributed by atoms with Gasteiger partial charge in [0, 0.05) is 29.0 Å². The van der Waals surface area contributed by atoms with Crippen molar-refractivity contribution in [2.24, 2.45) is 0 Å². The van der Waals surface area contributed by atoms with Gasteiger partial charge in [0.25, 0.3) is 0 Å². The highest BCUT2D eigenvalue weighted by Gasteiger charge is 2.30. The second-order valence-corrected chi connectivity index (χ2v) is 6.33. The van der Waals surface area contributed by atoms with Crippen LogP contribution in [-0.2, 0) is 6.18 Å². The van der Waals surface area contributed by atoms with Crippen LogP contribution in [0.4, 0.5) is 13.2 Å². The summed E-state index contributed by atoms with van der Waals surface area (Å²) in [6.45, 7) is 0. The molecular weight excluding hydrogens is 359 g/mol. The van der Waals surface area contributed by atoms with E-state index in [9.17, 15) is 13.2 Å². The Morgan fingerprint density at radius 1 is 0.643 bits per heavy atom. The zero-order chi connectivity index (χ0) is 19.6. The quantitative estimate of drug-likeness (QED) is 0.380. The van der Waals surface area contributed by atoms with E-state index in [2.05, 4.69) is 11.1 Å². The standard InChI is InChI=1S/C24H15F3N/c25-24(26,27)21-13-11-19(12-14-21)23-22(18-9-5-2-6-10-18)15-20(16-28-23)17-7-3-1-4-8-17/h1-14,16H. The summed E-state index contributed by atoms with van der Waals surface area (Å²) in [7, 11) is 0. The first-order chi connectivity index (χ1) is 13.5. The number of benzene rings is 3. The summed E-state index contributed by atoms with van der Waals surface area (Å²) in [4.78, 5) is 4.58. The predicted octanol–water partition coefficient (Wildman–Crippen LogP) is 6.90. The highest BCUT2D eigenvalue weighted by molar-refractivity contribution is 5.83. The van der Waals surface area contributed by atoms with Crippen molar-refractivity contribution in [1.29, 1.82) is 0 Å². The summed E-state index contributed by atoms with van der Waals surface area (Å²) in [5.74, 6) is 0. The van der Waals surface area contributed by atoms with E-state index in [1.54, 1.807) is 6.20 Å². The molecule has 1 radical (unpaired) electrons. The highest BCUT2D eigenvalue weighted by atomic mass is 19.4. The van der Waals surface area contributed by atoms with E-state index in [0.717, 1.165) is 34.4 Å². The first kappa shape index (κ1) is 18.0. The Balaban J connectivity index is 1.85. The molecule has 4 aromatic rings. The van der Waals surface area contributed by atoms with E-state index in [0.29, 0.717) is 11.3 Å². The number of halogens is 3. The van der Waals surface area contributed by atoms with Crippen LogP contribution in [0, 0.1) is 6.07 Å². The third-order valence-electron chi connectivity index (χ3n) is 4.45. The van der Waals surface area contributed by atoms with Gasteiger partial charge in [-0.2, -0.15) is 13.2 Å². The van der Waals surface area contributed by atoms with Crippen LogP contribution < -0.4 is 0 Å². The molecule has 4 heteroatoms. The molecule has 0 aliphatic heterocycles. The van der Waals surface area contributed by atoms with Crippen LogP contribution in [0.25, 0.3) is 33.5 Å². The van der Waals surface area contributed by atoms with Crippen molar-refractivity contribution in [2.75, 3.05) is 0 Å². The smallest absolute Gasteiger partial charge is 0.255 e. The lowest BCUT2D eigenvalue weighted by Crippen LogP contribution is -2.04. The summed E-state index contributed by atoms with van der Waals surface area (Å²) in [5.41, 5.74) is 4.00. The van der Waals surface area contributed by atoms with Crippen molar-refractivity contribution in [3.63, 3.8) is 0 Å². The van der Waals surface area contributed by atoms with E-state index in [-0.39, 0.29) is 0 Å². The third-order valence-corrected chi connectivity index (χ3v) is 4.45. The molecule has 4 rings (SSSR count). The highest BCUT2D eigenvalue weighted by Crippen LogP contribution is 2.35. The lowest BCUT2D eigenvalue weighted by atomic mass is 9.95. The van der Waals surface area contributed by atoms with Crippen LogP contribution in [0.5, 0.6) is 0 Å². The first-order valence-corrected chi connectivity index (χ1v) is 8.73. The third kappa shape index (κ3) is 3.67. The molecule has 0 aliphatic carbocycles. The molecule has 0 bridgehead atoms. The van der Waals surface area contributed by atoms with Gasteiger partial charge in [-0.25, -0.2) is 0 Å². The fourth-order valence-corrected chi connectivity index (χ4v) is 3.03. The van der Waals surface area contributed by atoms with Crippen molar-refractivity contribution < 1.29 is 13.2 Å². The minimum Gasteiger partial charge on any atom is -0.255 e. The summed E-state index contributed by atoms with van der Waals surface area (Å²) < 4.78 is 38.7. The predicted molar refractivity (Wildman–Crippen MR) is 104 cm³/mol. The fourth-order valence-electron chi connectivity index (χ4n) is 3.03. The van der Waals surface area contributed by atoms with Gasteiger partial charge >= 0.3 is 6.18 Å². The average Bonchev–Trinajstić information content (AvgIpc) is 2.74. The minimum absolute atomic E-state index is 0.597. The van der Waals surface area contributed by atoms with E-state index in [1.807, 2.05) is 60.7 Å². The maximum Gasteiger partial charge on any atom is 0.416 e. The zero-order valence-corrected chi connectivity index (χ0v) is 14.7. The van der Waals surface area contributed by atoms with Crippen molar-refractivity contribution >= 4 is 0 Å². The molecule has 0 saturated heterocycles. The number of aromatic nitrogens is 1. The van der Waals surface area contributed by atoms with Crippen LogP contribution in [0.1, 0.15) is 5.56 Å². The molecule has 1 aromatic heterocycles. The first-order valence-electron chi connectivity index (χ1n) is 8.73. The van der Waals surface area contributed by atoms with Gasteiger partial charge in [-0.15, -0.1) is 0 Å². The van der Waals surface area contributed by atoms with Crippen molar-refractivity contribution in [3.8, 4) is 33.5 Å². The molecule has 28 heavy (non-hydrogen) atoms. The molecule has 0 aliphatic rings. The van der Waals surface area contributed by atoms with Gasteiger partial charge in [0.05, 0.1) is 11.3 Å². The Morgan fingerprint density at radius 3 is 1.79 bits per heavy atom. The fraction of sp³-hybridized carbons (Fsp3) is 0.0417.